The van der Waals surface area contributed by atoms with E-state index in [4.69, 9.17) is 0 Å². The quantitative estimate of drug-likeness (QED) is 0.551. The number of hydrogen-bond acceptors (Lipinski definition) is 5. The SMILES string of the molecule is O=C(NCc1ccc(F)cc1)c1cccnc1SCCS(=O)(=O)c1ccccc1. The van der Waals surface area contributed by atoms with Gasteiger partial charge in [0.15, 0.2) is 9.84 Å². The first-order valence-corrected chi connectivity index (χ1v) is 11.5. The van der Waals surface area contributed by atoms with E-state index in [1.807, 2.05) is 0 Å². The molecule has 0 aliphatic carbocycles. The van der Waals surface area contributed by atoms with Crippen molar-refractivity contribution in [2.24, 2.45) is 0 Å². The number of thioether (sulfide) groups is 1. The van der Waals surface area contributed by atoms with E-state index in [0.717, 1.165) is 5.56 Å². The lowest BCUT2D eigenvalue weighted by molar-refractivity contribution is 0.0947. The number of rotatable bonds is 8. The fourth-order valence-corrected chi connectivity index (χ4v) is 5.22. The molecule has 1 N–H and O–H groups in total. The third kappa shape index (κ3) is 5.88. The lowest BCUT2D eigenvalue weighted by Gasteiger charge is -2.09. The van der Waals surface area contributed by atoms with Crippen molar-refractivity contribution in [3.05, 3.63) is 89.9 Å². The number of nitrogens with zero attached hydrogens (tertiary/aromatic N) is 1. The van der Waals surface area contributed by atoms with E-state index < -0.39 is 9.84 Å². The van der Waals surface area contributed by atoms with E-state index in [0.29, 0.717) is 10.6 Å². The van der Waals surface area contributed by atoms with Gasteiger partial charge in [-0.15, -0.1) is 11.8 Å². The second kappa shape index (κ2) is 9.67. The van der Waals surface area contributed by atoms with Crippen molar-refractivity contribution >= 4 is 27.5 Å². The molecule has 3 aromatic rings. The molecule has 5 nitrogen and oxygen atoms in total. The topological polar surface area (TPSA) is 76.1 Å². The highest BCUT2D eigenvalue weighted by Crippen LogP contribution is 2.22. The molecule has 1 amide bonds. The molecule has 150 valence electrons. The summed E-state index contributed by atoms with van der Waals surface area (Å²) in [6.45, 7) is 0.250. The third-order valence-electron chi connectivity index (χ3n) is 4.08. The summed E-state index contributed by atoms with van der Waals surface area (Å²) in [6.07, 6.45) is 1.56. The Hall–Kier alpha value is -2.71. The zero-order valence-corrected chi connectivity index (χ0v) is 17.0. The number of carbonyl (C=O) groups excluding carboxylic acids is 1. The van der Waals surface area contributed by atoms with Crippen LogP contribution in [0.2, 0.25) is 0 Å². The smallest absolute Gasteiger partial charge is 0.254 e. The summed E-state index contributed by atoms with van der Waals surface area (Å²) in [7, 11) is -3.39. The van der Waals surface area contributed by atoms with Crippen LogP contribution < -0.4 is 5.32 Å². The van der Waals surface area contributed by atoms with Crippen molar-refractivity contribution in [3.63, 3.8) is 0 Å². The average molecular weight is 431 g/mol. The molecule has 1 heterocycles. The number of nitrogens with one attached hydrogen (secondary N) is 1. The van der Waals surface area contributed by atoms with Gasteiger partial charge in [-0.25, -0.2) is 17.8 Å². The van der Waals surface area contributed by atoms with Crippen molar-refractivity contribution in [1.29, 1.82) is 0 Å². The molecule has 0 aliphatic heterocycles. The molecule has 0 atom stereocenters. The maximum absolute atomic E-state index is 13.0. The lowest BCUT2D eigenvalue weighted by atomic mass is 10.2. The number of pyridine rings is 1. The molecule has 0 aliphatic rings. The Morgan fingerprint density at radius 2 is 1.72 bits per heavy atom. The summed E-state index contributed by atoms with van der Waals surface area (Å²) in [5.74, 6) is -0.450. The summed E-state index contributed by atoms with van der Waals surface area (Å²) in [6, 6.07) is 17.4. The Labute approximate surface area is 173 Å². The Kier molecular flexibility index (Phi) is 7.00. The predicted molar refractivity (Wildman–Crippen MR) is 111 cm³/mol. The Morgan fingerprint density at radius 3 is 2.45 bits per heavy atom. The van der Waals surface area contributed by atoms with E-state index in [1.165, 1.54) is 23.9 Å². The maximum atomic E-state index is 13.0. The first-order chi connectivity index (χ1) is 14.0. The van der Waals surface area contributed by atoms with Crippen molar-refractivity contribution in [3.8, 4) is 0 Å². The molecule has 29 heavy (non-hydrogen) atoms. The van der Waals surface area contributed by atoms with Gasteiger partial charge in [-0.1, -0.05) is 30.3 Å². The number of amides is 1. The zero-order valence-electron chi connectivity index (χ0n) is 15.4. The first-order valence-electron chi connectivity index (χ1n) is 8.84. The fourth-order valence-electron chi connectivity index (χ4n) is 2.55. The molecule has 2 aromatic carbocycles. The van der Waals surface area contributed by atoms with E-state index in [9.17, 15) is 17.6 Å². The van der Waals surface area contributed by atoms with Gasteiger partial charge < -0.3 is 5.32 Å². The monoisotopic (exact) mass is 430 g/mol. The number of sulfone groups is 1. The van der Waals surface area contributed by atoms with Gasteiger partial charge in [-0.2, -0.15) is 0 Å². The molecule has 3 rings (SSSR count). The number of carbonyl (C=O) groups is 1. The van der Waals surface area contributed by atoms with Crippen LogP contribution >= 0.6 is 11.8 Å². The van der Waals surface area contributed by atoms with E-state index >= 15 is 0 Å². The number of benzene rings is 2. The zero-order chi connectivity index (χ0) is 20.7. The second-order valence-electron chi connectivity index (χ2n) is 6.15. The van der Waals surface area contributed by atoms with E-state index in [2.05, 4.69) is 10.3 Å². The molecular weight excluding hydrogens is 411 g/mol. The predicted octanol–water partition coefficient (Wildman–Crippen LogP) is 3.72. The Bertz CT molecular complexity index is 1070. The van der Waals surface area contributed by atoms with Crippen LogP contribution in [0.4, 0.5) is 4.39 Å². The molecule has 0 saturated heterocycles. The molecule has 8 heteroatoms. The summed E-state index contributed by atoms with van der Waals surface area (Å²) < 4.78 is 37.7. The van der Waals surface area contributed by atoms with Crippen molar-refractivity contribution < 1.29 is 17.6 Å². The van der Waals surface area contributed by atoms with Gasteiger partial charge >= 0.3 is 0 Å². The highest BCUT2D eigenvalue weighted by atomic mass is 32.2. The molecule has 1 aromatic heterocycles. The largest absolute Gasteiger partial charge is 0.348 e. The van der Waals surface area contributed by atoms with Crippen LogP contribution in [0.15, 0.2) is 82.8 Å². The molecule has 0 bridgehead atoms. The van der Waals surface area contributed by atoms with Crippen LogP contribution in [0.3, 0.4) is 0 Å². The average Bonchev–Trinajstić information content (AvgIpc) is 2.74. The van der Waals surface area contributed by atoms with Crippen LogP contribution in [0.1, 0.15) is 15.9 Å². The minimum absolute atomic E-state index is 0.0606. The summed E-state index contributed by atoms with van der Waals surface area (Å²) >= 11 is 1.22. The second-order valence-corrected chi connectivity index (χ2v) is 9.34. The van der Waals surface area contributed by atoms with Gasteiger partial charge in [0, 0.05) is 18.5 Å². The Balaban J connectivity index is 1.61. The van der Waals surface area contributed by atoms with E-state index in [-0.39, 0.29) is 34.7 Å². The normalized spacial score (nSPS) is 11.2. The minimum Gasteiger partial charge on any atom is -0.348 e. The third-order valence-corrected chi connectivity index (χ3v) is 7.07. The minimum atomic E-state index is -3.39. The van der Waals surface area contributed by atoms with Crippen LogP contribution in [0.5, 0.6) is 0 Å². The Morgan fingerprint density at radius 1 is 1.00 bits per heavy atom. The van der Waals surface area contributed by atoms with Gasteiger partial charge in [-0.3, -0.25) is 4.79 Å². The molecule has 0 spiro atoms. The van der Waals surface area contributed by atoms with Gasteiger partial charge in [-0.05, 0) is 42.0 Å². The van der Waals surface area contributed by atoms with Crippen molar-refractivity contribution in [1.82, 2.24) is 10.3 Å². The fraction of sp³-hybridized carbons (Fsp3) is 0.143. The summed E-state index contributed by atoms with van der Waals surface area (Å²) in [5.41, 5.74) is 1.14. The lowest BCUT2D eigenvalue weighted by Crippen LogP contribution is -2.23. The van der Waals surface area contributed by atoms with Gasteiger partial charge in [0.1, 0.15) is 10.8 Å². The van der Waals surface area contributed by atoms with Gasteiger partial charge in [0.2, 0.25) is 0 Å². The molecule has 0 saturated carbocycles. The standard InChI is InChI=1S/C21H19FN2O3S2/c22-17-10-8-16(9-11-17)15-24-20(25)19-7-4-12-23-21(19)28-13-14-29(26,27)18-5-2-1-3-6-18/h1-12H,13-15H2,(H,24,25). The highest BCUT2D eigenvalue weighted by molar-refractivity contribution is 8.00. The molecular formula is C21H19FN2O3S2. The number of aromatic nitrogens is 1. The first kappa shape index (κ1) is 21.0. The molecule has 0 fully saturated rings. The summed E-state index contributed by atoms with van der Waals surface area (Å²) in [5, 5.41) is 3.24. The van der Waals surface area contributed by atoms with Crippen LogP contribution in [0.25, 0.3) is 0 Å². The van der Waals surface area contributed by atoms with Gasteiger partial charge in [0.25, 0.3) is 5.91 Å². The van der Waals surface area contributed by atoms with Crippen molar-refractivity contribution in [2.45, 2.75) is 16.5 Å². The van der Waals surface area contributed by atoms with Gasteiger partial charge in [0.05, 0.1) is 16.2 Å². The molecule has 0 radical (unpaired) electrons. The van der Waals surface area contributed by atoms with E-state index in [1.54, 1.807) is 60.8 Å². The number of hydrogen-bond donors (Lipinski definition) is 1. The van der Waals surface area contributed by atoms with Crippen LogP contribution in [-0.4, -0.2) is 30.8 Å². The molecule has 0 unspecified atom stereocenters. The maximum Gasteiger partial charge on any atom is 0.254 e. The van der Waals surface area contributed by atoms with Crippen molar-refractivity contribution in [2.75, 3.05) is 11.5 Å². The van der Waals surface area contributed by atoms with Crippen LogP contribution in [0, 0.1) is 5.82 Å². The number of halogens is 1. The summed E-state index contributed by atoms with van der Waals surface area (Å²) in [4.78, 5) is 17.0. The van der Waals surface area contributed by atoms with Crippen LogP contribution in [-0.2, 0) is 16.4 Å². The highest BCUT2D eigenvalue weighted by Gasteiger charge is 2.16.